The zero-order valence-electron chi connectivity index (χ0n) is 7.53. The molecule has 0 aromatic heterocycles. The summed E-state index contributed by atoms with van der Waals surface area (Å²) in [5.74, 6) is 0. The van der Waals surface area contributed by atoms with Gasteiger partial charge < -0.3 is 0 Å². The average Bonchev–Trinajstić information content (AvgIpc) is 2.77. The third-order valence-corrected chi connectivity index (χ3v) is 2.62. The predicted octanol–water partition coefficient (Wildman–Crippen LogP) is 0.870. The molecule has 0 atom stereocenters. The van der Waals surface area contributed by atoms with Gasteiger partial charge in [-0.15, -0.1) is 0 Å². The Kier molecular flexibility index (Phi) is 1.37. The SMILES string of the molecule is O=CC1=Cc2cc3c(cc2=C1)C=CC=3. The van der Waals surface area contributed by atoms with Crippen LogP contribution in [-0.2, 0) is 4.79 Å². The van der Waals surface area contributed by atoms with E-state index in [2.05, 4.69) is 24.3 Å². The number of fused-ring (bicyclic) bond motifs is 2. The molecule has 0 bridgehead atoms. The number of carbonyl (C=O) groups is 1. The summed E-state index contributed by atoms with van der Waals surface area (Å²) < 4.78 is 0. The standard InChI is InChI=1S/C13H8O/c14-8-9-4-12-6-10-2-1-3-11(10)7-13(12)5-9/h1-8H. The fourth-order valence-electron chi connectivity index (χ4n) is 1.93. The molecule has 0 radical (unpaired) electrons. The zero-order chi connectivity index (χ0) is 9.54. The highest BCUT2D eigenvalue weighted by Gasteiger charge is 2.06. The topological polar surface area (TPSA) is 17.1 Å². The fourth-order valence-corrected chi connectivity index (χ4v) is 1.93. The molecule has 2 aliphatic rings. The van der Waals surface area contributed by atoms with Gasteiger partial charge >= 0.3 is 0 Å². The minimum Gasteiger partial charge on any atom is -0.298 e. The molecule has 0 spiro atoms. The molecule has 0 aliphatic heterocycles. The molecule has 14 heavy (non-hydrogen) atoms. The van der Waals surface area contributed by atoms with E-state index < -0.39 is 0 Å². The minimum atomic E-state index is 0.757. The third-order valence-electron chi connectivity index (χ3n) is 2.62. The fraction of sp³-hybridized carbons (Fsp3) is 0. The number of benzene rings is 1. The summed E-state index contributed by atoms with van der Waals surface area (Å²) in [4.78, 5) is 10.6. The van der Waals surface area contributed by atoms with E-state index in [0.29, 0.717) is 0 Å². The minimum absolute atomic E-state index is 0.757. The first-order valence-electron chi connectivity index (χ1n) is 4.58. The molecule has 0 heterocycles. The Hall–Kier alpha value is -1.89. The lowest BCUT2D eigenvalue weighted by Crippen LogP contribution is -2.12. The smallest absolute Gasteiger partial charge is 0.150 e. The lowest BCUT2D eigenvalue weighted by molar-refractivity contribution is -0.104. The number of allylic oxidation sites excluding steroid dienone is 2. The van der Waals surface area contributed by atoms with Gasteiger partial charge in [0, 0.05) is 5.57 Å². The van der Waals surface area contributed by atoms with Crippen LogP contribution in [0.2, 0.25) is 0 Å². The average molecular weight is 180 g/mol. The van der Waals surface area contributed by atoms with E-state index in [9.17, 15) is 4.79 Å². The second kappa shape index (κ2) is 2.55. The van der Waals surface area contributed by atoms with Gasteiger partial charge in [-0.05, 0) is 45.8 Å². The second-order valence-electron chi connectivity index (χ2n) is 3.54. The molecule has 1 nitrogen and oxygen atoms in total. The van der Waals surface area contributed by atoms with Crippen LogP contribution in [0.3, 0.4) is 0 Å². The van der Waals surface area contributed by atoms with E-state index in [1.807, 2.05) is 18.2 Å². The highest BCUT2D eigenvalue weighted by atomic mass is 16.1. The van der Waals surface area contributed by atoms with E-state index in [0.717, 1.165) is 22.6 Å². The Morgan fingerprint density at radius 3 is 2.71 bits per heavy atom. The number of rotatable bonds is 1. The predicted molar refractivity (Wildman–Crippen MR) is 57.7 cm³/mol. The summed E-state index contributed by atoms with van der Waals surface area (Å²) in [6.45, 7) is 0. The third kappa shape index (κ3) is 0.925. The maximum absolute atomic E-state index is 10.6. The number of aldehydes is 1. The van der Waals surface area contributed by atoms with Gasteiger partial charge in [0.1, 0.15) is 6.29 Å². The molecule has 2 aliphatic carbocycles. The van der Waals surface area contributed by atoms with Crippen molar-refractivity contribution in [2.45, 2.75) is 0 Å². The van der Waals surface area contributed by atoms with Crippen LogP contribution in [0.15, 0.2) is 23.8 Å². The Labute approximate surface area is 81.4 Å². The summed E-state index contributed by atoms with van der Waals surface area (Å²) in [5, 5.41) is 2.38. The highest BCUT2D eigenvalue weighted by molar-refractivity contribution is 5.96. The van der Waals surface area contributed by atoms with Gasteiger partial charge in [0.25, 0.3) is 0 Å². The van der Waals surface area contributed by atoms with Crippen molar-refractivity contribution < 1.29 is 4.79 Å². The largest absolute Gasteiger partial charge is 0.298 e. The maximum Gasteiger partial charge on any atom is 0.150 e. The molecule has 0 N–H and O–H groups in total. The highest BCUT2D eigenvalue weighted by Crippen LogP contribution is 2.10. The number of hydrogen-bond acceptors (Lipinski definition) is 1. The van der Waals surface area contributed by atoms with Crippen LogP contribution in [0.25, 0.3) is 24.3 Å². The summed E-state index contributed by atoms with van der Waals surface area (Å²) in [7, 11) is 0. The van der Waals surface area contributed by atoms with Crippen LogP contribution < -0.4 is 10.4 Å². The first-order valence-corrected chi connectivity index (χ1v) is 4.58. The van der Waals surface area contributed by atoms with Crippen molar-refractivity contribution >= 4 is 30.6 Å². The monoisotopic (exact) mass is 180 g/mol. The van der Waals surface area contributed by atoms with Crippen LogP contribution >= 0.6 is 0 Å². The van der Waals surface area contributed by atoms with Gasteiger partial charge in [0.15, 0.2) is 0 Å². The van der Waals surface area contributed by atoms with Crippen molar-refractivity contribution in [1.29, 1.82) is 0 Å². The molecule has 1 aromatic rings. The molecular weight excluding hydrogens is 172 g/mol. The molecule has 1 aromatic carbocycles. The van der Waals surface area contributed by atoms with Gasteiger partial charge in [0.2, 0.25) is 0 Å². The molecule has 0 fully saturated rings. The van der Waals surface area contributed by atoms with Crippen molar-refractivity contribution in [1.82, 2.24) is 0 Å². The zero-order valence-corrected chi connectivity index (χ0v) is 7.53. The Balaban J connectivity index is 2.34. The second-order valence-corrected chi connectivity index (χ2v) is 3.54. The Morgan fingerprint density at radius 1 is 1.00 bits per heavy atom. The van der Waals surface area contributed by atoms with Gasteiger partial charge in [-0.3, -0.25) is 4.79 Å². The Bertz CT molecular complexity index is 601. The van der Waals surface area contributed by atoms with Crippen molar-refractivity contribution in [2.75, 3.05) is 0 Å². The molecule has 3 rings (SSSR count). The summed E-state index contributed by atoms with van der Waals surface area (Å²) in [6.07, 6.45) is 11.0. The maximum atomic E-state index is 10.6. The van der Waals surface area contributed by atoms with Crippen molar-refractivity contribution in [3.8, 4) is 0 Å². The van der Waals surface area contributed by atoms with E-state index in [1.165, 1.54) is 10.8 Å². The first-order chi connectivity index (χ1) is 6.86. The molecule has 0 amide bonds. The normalized spacial score (nSPS) is 15.3. The molecule has 0 saturated heterocycles. The number of carbonyl (C=O) groups excluding carboxylic acids is 1. The molecular formula is C13H8O. The summed E-state index contributed by atoms with van der Waals surface area (Å²) in [6, 6.07) is 4.25. The van der Waals surface area contributed by atoms with E-state index in [1.54, 1.807) is 0 Å². The van der Waals surface area contributed by atoms with Crippen LogP contribution in [-0.4, -0.2) is 6.29 Å². The Morgan fingerprint density at radius 2 is 1.86 bits per heavy atom. The van der Waals surface area contributed by atoms with Gasteiger partial charge in [-0.2, -0.15) is 0 Å². The van der Waals surface area contributed by atoms with Gasteiger partial charge in [-0.1, -0.05) is 18.2 Å². The molecule has 0 saturated carbocycles. The summed E-state index contributed by atoms with van der Waals surface area (Å²) in [5.41, 5.74) is 3.14. The molecule has 66 valence electrons. The van der Waals surface area contributed by atoms with Gasteiger partial charge in [-0.25, -0.2) is 0 Å². The molecule has 1 heteroatoms. The van der Waals surface area contributed by atoms with Crippen molar-refractivity contribution in [3.63, 3.8) is 0 Å². The van der Waals surface area contributed by atoms with E-state index >= 15 is 0 Å². The van der Waals surface area contributed by atoms with E-state index in [4.69, 9.17) is 0 Å². The van der Waals surface area contributed by atoms with Crippen LogP contribution in [0.4, 0.5) is 0 Å². The lowest BCUT2D eigenvalue weighted by Gasteiger charge is -1.94. The van der Waals surface area contributed by atoms with Crippen molar-refractivity contribution in [2.24, 2.45) is 0 Å². The van der Waals surface area contributed by atoms with Crippen LogP contribution in [0.1, 0.15) is 11.1 Å². The van der Waals surface area contributed by atoms with Crippen LogP contribution in [0, 0.1) is 0 Å². The quantitative estimate of drug-likeness (QED) is 0.586. The lowest BCUT2D eigenvalue weighted by atomic mass is 10.1. The van der Waals surface area contributed by atoms with Crippen LogP contribution in [0.5, 0.6) is 0 Å². The van der Waals surface area contributed by atoms with Crippen molar-refractivity contribution in [3.05, 3.63) is 45.3 Å². The van der Waals surface area contributed by atoms with E-state index in [-0.39, 0.29) is 0 Å². The first kappa shape index (κ1) is 7.51. The summed E-state index contributed by atoms with van der Waals surface area (Å²) >= 11 is 0. The van der Waals surface area contributed by atoms with Gasteiger partial charge in [0.05, 0.1) is 0 Å². The number of hydrogen-bond donors (Lipinski definition) is 0. The molecule has 0 unspecified atom stereocenters.